The number of carbonyl (C=O) groups is 1. The molecule has 1 aromatic heterocycles. The third-order valence-electron chi connectivity index (χ3n) is 3.79. The minimum Gasteiger partial charge on any atom is -0.465 e. The normalized spacial score (nSPS) is 10.4. The molecule has 114 valence electrons. The molecule has 2 aromatic carbocycles. The molecule has 0 aliphatic carbocycles. The standard InChI is InChI=1S/C18H15N3O2/c1-20(18(22)23)11-13-6-8-15(9-7-13)21-12-14(10-19)16-4-2-3-5-17(16)21/h2-9,12H,11H2,1H3,(H,22,23). The van der Waals surface area contributed by atoms with Gasteiger partial charge in [-0.3, -0.25) is 0 Å². The molecule has 1 amide bonds. The lowest BCUT2D eigenvalue weighted by molar-refractivity contribution is 0.154. The molecule has 5 nitrogen and oxygen atoms in total. The third-order valence-corrected chi connectivity index (χ3v) is 3.79. The van der Waals surface area contributed by atoms with E-state index in [0.29, 0.717) is 12.1 Å². The van der Waals surface area contributed by atoms with E-state index < -0.39 is 6.09 Å². The van der Waals surface area contributed by atoms with Gasteiger partial charge in [0.15, 0.2) is 0 Å². The van der Waals surface area contributed by atoms with Gasteiger partial charge < -0.3 is 14.6 Å². The Morgan fingerprint density at radius 3 is 2.57 bits per heavy atom. The van der Waals surface area contributed by atoms with Gasteiger partial charge in [-0.15, -0.1) is 0 Å². The van der Waals surface area contributed by atoms with Gasteiger partial charge in [0.25, 0.3) is 0 Å². The average molecular weight is 305 g/mol. The Kier molecular flexibility index (Phi) is 3.73. The van der Waals surface area contributed by atoms with Gasteiger partial charge in [0.2, 0.25) is 0 Å². The van der Waals surface area contributed by atoms with Crippen LogP contribution in [0.5, 0.6) is 0 Å². The first-order chi connectivity index (χ1) is 11.1. The zero-order valence-corrected chi connectivity index (χ0v) is 12.6. The lowest BCUT2D eigenvalue weighted by atomic mass is 10.2. The number of nitrogens with zero attached hydrogens (tertiary/aromatic N) is 3. The Morgan fingerprint density at radius 2 is 1.91 bits per heavy atom. The molecule has 0 bridgehead atoms. The molecule has 0 spiro atoms. The SMILES string of the molecule is CN(Cc1ccc(-n2cc(C#N)c3ccccc32)cc1)C(=O)O. The topological polar surface area (TPSA) is 69.3 Å². The Hall–Kier alpha value is -3.26. The van der Waals surface area contributed by atoms with Crippen LogP contribution in [0.2, 0.25) is 0 Å². The van der Waals surface area contributed by atoms with E-state index in [9.17, 15) is 10.1 Å². The van der Waals surface area contributed by atoms with E-state index in [0.717, 1.165) is 22.2 Å². The van der Waals surface area contributed by atoms with Crippen molar-refractivity contribution in [3.05, 3.63) is 65.9 Å². The summed E-state index contributed by atoms with van der Waals surface area (Å²) in [4.78, 5) is 12.1. The molecule has 0 aliphatic heterocycles. The second-order valence-electron chi connectivity index (χ2n) is 5.35. The molecule has 1 N–H and O–H groups in total. The van der Waals surface area contributed by atoms with Crippen molar-refractivity contribution in [2.24, 2.45) is 0 Å². The number of carboxylic acid groups (broad SMARTS) is 1. The number of para-hydroxylation sites is 1. The molecule has 0 saturated carbocycles. The molecule has 0 saturated heterocycles. The van der Waals surface area contributed by atoms with E-state index >= 15 is 0 Å². The highest BCUT2D eigenvalue weighted by molar-refractivity contribution is 5.87. The first-order valence-electron chi connectivity index (χ1n) is 7.13. The summed E-state index contributed by atoms with van der Waals surface area (Å²) in [5, 5.41) is 19.1. The fraction of sp³-hybridized carbons (Fsp3) is 0.111. The van der Waals surface area contributed by atoms with Crippen LogP contribution in [-0.2, 0) is 6.54 Å². The second kappa shape index (κ2) is 5.85. The molecular formula is C18H15N3O2. The molecule has 0 aliphatic rings. The molecule has 3 aromatic rings. The van der Waals surface area contributed by atoms with Gasteiger partial charge in [0.1, 0.15) is 6.07 Å². The fourth-order valence-corrected chi connectivity index (χ4v) is 2.59. The van der Waals surface area contributed by atoms with Gasteiger partial charge in [0, 0.05) is 30.9 Å². The largest absolute Gasteiger partial charge is 0.465 e. The number of aromatic nitrogens is 1. The van der Waals surface area contributed by atoms with E-state index in [1.807, 2.05) is 59.3 Å². The van der Waals surface area contributed by atoms with E-state index in [1.165, 1.54) is 11.9 Å². The number of rotatable bonds is 3. The maximum Gasteiger partial charge on any atom is 0.407 e. The number of amides is 1. The molecule has 0 atom stereocenters. The molecule has 0 fully saturated rings. The number of fused-ring (bicyclic) bond motifs is 1. The zero-order chi connectivity index (χ0) is 16.4. The Morgan fingerprint density at radius 1 is 1.22 bits per heavy atom. The van der Waals surface area contributed by atoms with Crippen molar-refractivity contribution in [2.45, 2.75) is 6.54 Å². The van der Waals surface area contributed by atoms with E-state index in [1.54, 1.807) is 0 Å². The van der Waals surface area contributed by atoms with Crippen molar-refractivity contribution in [1.29, 1.82) is 5.26 Å². The maximum absolute atomic E-state index is 10.9. The summed E-state index contributed by atoms with van der Waals surface area (Å²) in [5.41, 5.74) is 3.45. The van der Waals surface area contributed by atoms with Crippen LogP contribution in [0.3, 0.4) is 0 Å². The predicted octanol–water partition coefficient (Wildman–Crippen LogP) is 3.61. The van der Waals surface area contributed by atoms with Crippen molar-refractivity contribution in [2.75, 3.05) is 7.05 Å². The molecule has 0 radical (unpaired) electrons. The van der Waals surface area contributed by atoms with E-state index in [4.69, 9.17) is 5.11 Å². The van der Waals surface area contributed by atoms with Crippen molar-refractivity contribution in [1.82, 2.24) is 9.47 Å². The molecule has 23 heavy (non-hydrogen) atoms. The van der Waals surface area contributed by atoms with Crippen LogP contribution in [0.1, 0.15) is 11.1 Å². The van der Waals surface area contributed by atoms with Crippen LogP contribution < -0.4 is 0 Å². The molecule has 1 heterocycles. The van der Waals surface area contributed by atoms with Crippen LogP contribution in [0.15, 0.2) is 54.7 Å². The Bertz CT molecular complexity index is 904. The van der Waals surface area contributed by atoms with Crippen molar-refractivity contribution < 1.29 is 9.90 Å². The van der Waals surface area contributed by atoms with E-state index in [-0.39, 0.29) is 0 Å². The summed E-state index contributed by atoms with van der Waals surface area (Å²) < 4.78 is 1.97. The summed E-state index contributed by atoms with van der Waals surface area (Å²) in [6, 6.07) is 17.6. The maximum atomic E-state index is 10.9. The number of hydrogen-bond acceptors (Lipinski definition) is 2. The van der Waals surface area contributed by atoms with Gasteiger partial charge in [-0.05, 0) is 23.8 Å². The predicted molar refractivity (Wildman–Crippen MR) is 87.5 cm³/mol. The number of hydrogen-bond donors (Lipinski definition) is 1. The molecule has 3 rings (SSSR count). The van der Waals surface area contributed by atoms with Gasteiger partial charge in [-0.2, -0.15) is 5.26 Å². The van der Waals surface area contributed by atoms with Crippen LogP contribution in [0.25, 0.3) is 16.6 Å². The highest BCUT2D eigenvalue weighted by Crippen LogP contribution is 2.24. The average Bonchev–Trinajstić information content (AvgIpc) is 2.94. The second-order valence-corrected chi connectivity index (χ2v) is 5.35. The van der Waals surface area contributed by atoms with Crippen LogP contribution in [0, 0.1) is 11.3 Å². The number of benzene rings is 2. The number of nitriles is 1. The summed E-state index contributed by atoms with van der Waals surface area (Å²) in [5.74, 6) is 0. The summed E-state index contributed by atoms with van der Waals surface area (Å²) >= 11 is 0. The zero-order valence-electron chi connectivity index (χ0n) is 12.6. The third kappa shape index (κ3) is 2.74. The lowest BCUT2D eigenvalue weighted by Crippen LogP contribution is -2.23. The smallest absolute Gasteiger partial charge is 0.407 e. The highest BCUT2D eigenvalue weighted by atomic mass is 16.4. The summed E-state index contributed by atoms with van der Waals surface area (Å²) in [6.07, 6.45) is 0.868. The Balaban J connectivity index is 1.97. The molecular weight excluding hydrogens is 290 g/mol. The van der Waals surface area contributed by atoms with Crippen molar-refractivity contribution in [3.63, 3.8) is 0 Å². The van der Waals surface area contributed by atoms with Crippen LogP contribution >= 0.6 is 0 Å². The van der Waals surface area contributed by atoms with Gasteiger partial charge in [-0.1, -0.05) is 30.3 Å². The van der Waals surface area contributed by atoms with E-state index in [2.05, 4.69) is 6.07 Å². The molecule has 5 heteroatoms. The first kappa shape index (κ1) is 14.7. The highest BCUT2D eigenvalue weighted by Gasteiger charge is 2.10. The Labute approximate surface area is 133 Å². The fourth-order valence-electron chi connectivity index (χ4n) is 2.59. The van der Waals surface area contributed by atoms with Crippen LogP contribution in [-0.4, -0.2) is 27.7 Å². The van der Waals surface area contributed by atoms with Gasteiger partial charge in [0.05, 0.1) is 11.1 Å². The monoisotopic (exact) mass is 305 g/mol. The quantitative estimate of drug-likeness (QED) is 0.803. The minimum absolute atomic E-state index is 0.339. The minimum atomic E-state index is -0.954. The first-order valence-corrected chi connectivity index (χ1v) is 7.13. The van der Waals surface area contributed by atoms with Gasteiger partial charge in [-0.25, -0.2) is 4.79 Å². The van der Waals surface area contributed by atoms with Crippen molar-refractivity contribution >= 4 is 17.0 Å². The molecule has 0 unspecified atom stereocenters. The van der Waals surface area contributed by atoms with Crippen LogP contribution in [0.4, 0.5) is 4.79 Å². The van der Waals surface area contributed by atoms with Crippen molar-refractivity contribution in [3.8, 4) is 11.8 Å². The summed E-state index contributed by atoms with van der Waals surface area (Å²) in [7, 11) is 1.54. The summed E-state index contributed by atoms with van der Waals surface area (Å²) in [6.45, 7) is 0.339. The van der Waals surface area contributed by atoms with Gasteiger partial charge >= 0.3 is 6.09 Å². The lowest BCUT2D eigenvalue weighted by Gasteiger charge is -2.13.